The fourth-order valence-corrected chi connectivity index (χ4v) is 3.88. The van der Waals surface area contributed by atoms with Crippen LogP contribution in [0.15, 0.2) is 41.5 Å². The number of hydrazone groups is 1. The highest BCUT2D eigenvalue weighted by molar-refractivity contribution is 6.12. The zero-order chi connectivity index (χ0) is 23.0. The van der Waals surface area contributed by atoms with Gasteiger partial charge in [-0.25, -0.2) is 9.78 Å². The number of aromatic nitrogens is 1. The summed E-state index contributed by atoms with van der Waals surface area (Å²) in [7, 11) is 0. The number of nitrogens with two attached hydrogens (primary N) is 1. The Hall–Kier alpha value is -3.21. The van der Waals surface area contributed by atoms with Gasteiger partial charge in [-0.3, -0.25) is 4.90 Å². The molecule has 3 N–H and O–H groups in total. The molecule has 2 aliphatic rings. The van der Waals surface area contributed by atoms with Gasteiger partial charge in [-0.2, -0.15) is 5.10 Å². The minimum atomic E-state index is -1.02. The summed E-state index contributed by atoms with van der Waals surface area (Å²) < 4.78 is 16.9. The number of ether oxygens (including phenoxy) is 3. The van der Waals surface area contributed by atoms with Gasteiger partial charge in [0, 0.05) is 50.0 Å². The Balaban J connectivity index is 1.60. The Morgan fingerprint density at radius 2 is 1.76 bits per heavy atom. The number of hydrogen-bond acceptors (Lipinski definition) is 9. The molecule has 10 nitrogen and oxygen atoms in total. The molecule has 2 aliphatic heterocycles. The molecule has 0 unspecified atom stereocenters. The van der Waals surface area contributed by atoms with E-state index in [2.05, 4.69) is 19.9 Å². The first-order valence-corrected chi connectivity index (χ1v) is 11.0. The second-order valence-corrected chi connectivity index (χ2v) is 7.81. The number of carboxylic acids is 1. The Bertz CT molecular complexity index is 987. The van der Waals surface area contributed by atoms with Crippen LogP contribution in [-0.4, -0.2) is 92.4 Å². The number of hydrogen-bond donors (Lipinski definition) is 2. The Labute approximate surface area is 192 Å². The monoisotopic (exact) mass is 455 g/mol. The smallest absolute Gasteiger partial charge is 0.335 e. The van der Waals surface area contributed by atoms with Gasteiger partial charge in [-0.05, 0) is 18.2 Å². The standard InChI is InChI=1S/C23H29N5O5/c24-26-22(17-2-1-3-18(14-17)23(29)30)20-15-19(28-7-11-32-12-8-28)16-21(25-20)33-13-6-27-4-9-31-10-5-27/h1-3,14-16H,4-13,24H2,(H,29,30). The van der Waals surface area contributed by atoms with Gasteiger partial charge in [0.1, 0.15) is 12.3 Å². The van der Waals surface area contributed by atoms with Crippen molar-refractivity contribution in [2.45, 2.75) is 0 Å². The first-order chi connectivity index (χ1) is 16.1. The van der Waals surface area contributed by atoms with Crippen LogP contribution in [0.3, 0.4) is 0 Å². The molecule has 0 aliphatic carbocycles. The molecule has 0 spiro atoms. The maximum atomic E-state index is 11.4. The molecule has 0 atom stereocenters. The minimum absolute atomic E-state index is 0.153. The summed E-state index contributed by atoms with van der Waals surface area (Å²) in [4.78, 5) is 20.6. The highest BCUT2D eigenvalue weighted by Gasteiger charge is 2.19. The average molecular weight is 456 g/mol. The molecule has 1 aromatic carbocycles. The lowest BCUT2D eigenvalue weighted by Crippen LogP contribution is -2.38. The molecule has 0 bridgehead atoms. The van der Waals surface area contributed by atoms with Crippen LogP contribution in [0.25, 0.3) is 0 Å². The molecule has 2 saturated heterocycles. The topological polar surface area (TPSA) is 123 Å². The molecular weight excluding hydrogens is 426 g/mol. The van der Waals surface area contributed by atoms with Crippen LogP contribution in [0, 0.1) is 0 Å². The number of rotatable bonds is 8. The highest BCUT2D eigenvalue weighted by atomic mass is 16.5. The highest BCUT2D eigenvalue weighted by Crippen LogP contribution is 2.24. The third kappa shape index (κ3) is 5.98. The van der Waals surface area contributed by atoms with E-state index in [0.29, 0.717) is 42.7 Å². The van der Waals surface area contributed by atoms with Gasteiger partial charge in [0.05, 0.1) is 37.7 Å². The number of morpholine rings is 2. The lowest BCUT2D eigenvalue weighted by molar-refractivity contribution is 0.0320. The Morgan fingerprint density at radius 3 is 2.45 bits per heavy atom. The van der Waals surface area contributed by atoms with E-state index in [4.69, 9.17) is 20.1 Å². The van der Waals surface area contributed by atoms with Gasteiger partial charge >= 0.3 is 5.97 Å². The normalized spacial score (nSPS) is 17.7. The summed E-state index contributed by atoms with van der Waals surface area (Å²) in [5.74, 6) is 5.20. The van der Waals surface area contributed by atoms with E-state index in [9.17, 15) is 9.90 Å². The van der Waals surface area contributed by atoms with E-state index in [0.717, 1.165) is 51.6 Å². The quantitative estimate of drug-likeness (QED) is 0.341. The summed E-state index contributed by atoms with van der Waals surface area (Å²) in [6.07, 6.45) is 0. The Kier molecular flexibility index (Phi) is 7.71. The molecule has 0 saturated carbocycles. The van der Waals surface area contributed by atoms with E-state index in [1.165, 1.54) is 12.1 Å². The van der Waals surface area contributed by atoms with Crippen molar-refractivity contribution in [3.63, 3.8) is 0 Å². The number of nitrogens with zero attached hydrogens (tertiary/aromatic N) is 4. The first kappa shape index (κ1) is 23.0. The number of carboxylic acid groups (broad SMARTS) is 1. The van der Waals surface area contributed by atoms with Crippen molar-refractivity contribution in [1.29, 1.82) is 0 Å². The largest absolute Gasteiger partial charge is 0.478 e. The Morgan fingerprint density at radius 1 is 1.06 bits per heavy atom. The van der Waals surface area contributed by atoms with Crippen molar-refractivity contribution in [1.82, 2.24) is 9.88 Å². The maximum absolute atomic E-state index is 11.4. The third-order valence-corrected chi connectivity index (χ3v) is 5.68. The molecule has 3 heterocycles. The van der Waals surface area contributed by atoms with Gasteiger partial charge in [-0.15, -0.1) is 0 Å². The summed E-state index contributed by atoms with van der Waals surface area (Å²) in [6, 6.07) is 10.3. The fourth-order valence-electron chi connectivity index (χ4n) is 3.88. The lowest BCUT2D eigenvalue weighted by Gasteiger charge is -2.29. The van der Waals surface area contributed by atoms with Crippen molar-refractivity contribution < 1.29 is 24.1 Å². The van der Waals surface area contributed by atoms with Gasteiger partial charge in [0.15, 0.2) is 0 Å². The van der Waals surface area contributed by atoms with Gasteiger partial charge < -0.3 is 30.1 Å². The molecular formula is C23H29N5O5. The molecule has 0 amide bonds. The molecule has 0 radical (unpaired) electrons. The first-order valence-electron chi connectivity index (χ1n) is 11.0. The summed E-state index contributed by atoms with van der Waals surface area (Å²) in [5, 5.41) is 13.3. The predicted molar refractivity (Wildman–Crippen MR) is 123 cm³/mol. The number of aromatic carboxylic acids is 1. The number of pyridine rings is 1. The van der Waals surface area contributed by atoms with Gasteiger partial charge in [-0.1, -0.05) is 12.1 Å². The van der Waals surface area contributed by atoms with Crippen molar-refractivity contribution in [3.05, 3.63) is 53.2 Å². The molecule has 4 rings (SSSR count). The lowest BCUT2D eigenvalue weighted by atomic mass is 10.0. The van der Waals surface area contributed by atoms with Crippen LogP contribution in [0.1, 0.15) is 21.6 Å². The third-order valence-electron chi connectivity index (χ3n) is 5.68. The molecule has 2 aromatic rings. The molecule has 176 valence electrons. The van der Waals surface area contributed by atoms with E-state index in [-0.39, 0.29) is 5.56 Å². The molecule has 33 heavy (non-hydrogen) atoms. The maximum Gasteiger partial charge on any atom is 0.335 e. The van der Waals surface area contributed by atoms with Gasteiger partial charge in [0.2, 0.25) is 5.88 Å². The fraction of sp³-hybridized carbons (Fsp3) is 0.435. The second kappa shape index (κ2) is 11.1. The van der Waals surface area contributed by atoms with Crippen LogP contribution >= 0.6 is 0 Å². The van der Waals surface area contributed by atoms with Crippen molar-refractivity contribution >= 4 is 17.4 Å². The predicted octanol–water partition coefficient (Wildman–Crippen LogP) is 1.04. The van der Waals surface area contributed by atoms with Crippen molar-refractivity contribution in [2.24, 2.45) is 10.9 Å². The van der Waals surface area contributed by atoms with Crippen LogP contribution in [-0.2, 0) is 9.47 Å². The zero-order valence-corrected chi connectivity index (χ0v) is 18.5. The number of carbonyl (C=O) groups is 1. The summed E-state index contributed by atoms with van der Waals surface area (Å²) >= 11 is 0. The van der Waals surface area contributed by atoms with Gasteiger partial charge in [0.25, 0.3) is 0 Å². The SMILES string of the molecule is NN=C(c1cccc(C(=O)O)c1)c1cc(N2CCOCC2)cc(OCCN2CCOCC2)n1. The van der Waals surface area contributed by atoms with Crippen LogP contribution in [0.5, 0.6) is 5.88 Å². The number of benzene rings is 1. The van der Waals surface area contributed by atoms with E-state index in [1.807, 2.05) is 12.1 Å². The minimum Gasteiger partial charge on any atom is -0.478 e. The van der Waals surface area contributed by atoms with Crippen molar-refractivity contribution in [2.75, 3.05) is 70.7 Å². The second-order valence-electron chi connectivity index (χ2n) is 7.81. The number of anilines is 1. The molecule has 1 aromatic heterocycles. The molecule has 2 fully saturated rings. The van der Waals surface area contributed by atoms with Crippen molar-refractivity contribution in [3.8, 4) is 5.88 Å². The van der Waals surface area contributed by atoms with E-state index >= 15 is 0 Å². The van der Waals surface area contributed by atoms with Crippen LogP contribution < -0.4 is 15.5 Å². The summed E-state index contributed by atoms with van der Waals surface area (Å²) in [6.45, 7) is 7.30. The van der Waals surface area contributed by atoms with Crippen LogP contribution in [0.4, 0.5) is 5.69 Å². The van der Waals surface area contributed by atoms with E-state index in [1.54, 1.807) is 12.1 Å². The van der Waals surface area contributed by atoms with Crippen LogP contribution in [0.2, 0.25) is 0 Å². The van der Waals surface area contributed by atoms with E-state index < -0.39 is 5.97 Å². The zero-order valence-electron chi connectivity index (χ0n) is 18.5. The summed E-state index contributed by atoms with van der Waals surface area (Å²) in [5.41, 5.74) is 2.57. The average Bonchev–Trinajstić information content (AvgIpc) is 2.86. The molecule has 10 heteroatoms.